The van der Waals surface area contributed by atoms with E-state index in [2.05, 4.69) is 50.0 Å². The standard InChI is InChI=1S/C14H31N3/c1-12(2)17(9-8-16(4)5)7-6-14-10-13(3)11-15-14/h12-15H,6-11H2,1-5H3. The summed E-state index contributed by atoms with van der Waals surface area (Å²) >= 11 is 0. The first-order valence-corrected chi connectivity index (χ1v) is 7.11. The van der Waals surface area contributed by atoms with Crippen LogP contribution < -0.4 is 5.32 Å². The average molecular weight is 241 g/mol. The molecule has 0 aromatic rings. The van der Waals surface area contributed by atoms with Crippen molar-refractivity contribution >= 4 is 0 Å². The fourth-order valence-corrected chi connectivity index (χ4v) is 2.52. The van der Waals surface area contributed by atoms with Crippen LogP contribution in [0.2, 0.25) is 0 Å². The molecule has 0 aliphatic carbocycles. The van der Waals surface area contributed by atoms with Gasteiger partial charge in [-0.3, -0.25) is 4.90 Å². The third-order valence-electron chi connectivity index (χ3n) is 3.77. The smallest absolute Gasteiger partial charge is 0.0112 e. The van der Waals surface area contributed by atoms with Gasteiger partial charge in [0.25, 0.3) is 0 Å². The Balaban J connectivity index is 2.24. The maximum Gasteiger partial charge on any atom is 0.0112 e. The van der Waals surface area contributed by atoms with E-state index < -0.39 is 0 Å². The molecule has 1 aliphatic heterocycles. The van der Waals surface area contributed by atoms with Crippen molar-refractivity contribution in [2.24, 2.45) is 5.92 Å². The van der Waals surface area contributed by atoms with Crippen LogP contribution in [0.1, 0.15) is 33.6 Å². The number of hydrogen-bond acceptors (Lipinski definition) is 3. The second-order valence-corrected chi connectivity index (χ2v) is 6.17. The molecule has 2 unspecified atom stereocenters. The van der Waals surface area contributed by atoms with Crippen molar-refractivity contribution < 1.29 is 0 Å². The number of rotatable bonds is 7. The first kappa shape index (κ1) is 14.9. The highest BCUT2D eigenvalue weighted by molar-refractivity contribution is 4.80. The van der Waals surface area contributed by atoms with Gasteiger partial charge in [0.15, 0.2) is 0 Å². The van der Waals surface area contributed by atoms with Crippen LogP contribution in [0.15, 0.2) is 0 Å². The molecule has 3 heteroatoms. The summed E-state index contributed by atoms with van der Waals surface area (Å²) < 4.78 is 0. The van der Waals surface area contributed by atoms with Crippen LogP contribution in [0.3, 0.4) is 0 Å². The number of nitrogens with one attached hydrogen (secondary N) is 1. The topological polar surface area (TPSA) is 18.5 Å². The van der Waals surface area contributed by atoms with Gasteiger partial charge < -0.3 is 10.2 Å². The normalized spacial score (nSPS) is 25.4. The zero-order valence-electron chi connectivity index (χ0n) is 12.4. The van der Waals surface area contributed by atoms with Crippen molar-refractivity contribution in [1.29, 1.82) is 0 Å². The Morgan fingerprint density at radius 2 is 1.88 bits per heavy atom. The Labute approximate surface area is 108 Å². The Kier molecular flexibility index (Phi) is 6.45. The highest BCUT2D eigenvalue weighted by Gasteiger charge is 2.21. The molecule has 0 bridgehead atoms. The number of hydrogen-bond donors (Lipinski definition) is 1. The molecular formula is C14H31N3. The summed E-state index contributed by atoms with van der Waals surface area (Å²) in [5.74, 6) is 0.870. The van der Waals surface area contributed by atoms with Gasteiger partial charge in [-0.25, -0.2) is 0 Å². The molecular weight excluding hydrogens is 210 g/mol. The second kappa shape index (κ2) is 7.34. The molecule has 0 saturated carbocycles. The molecule has 0 aromatic heterocycles. The largest absolute Gasteiger partial charge is 0.314 e. The monoisotopic (exact) mass is 241 g/mol. The van der Waals surface area contributed by atoms with E-state index in [1.165, 1.54) is 32.5 Å². The Bertz CT molecular complexity index is 204. The van der Waals surface area contributed by atoms with Crippen molar-refractivity contribution in [3.05, 3.63) is 0 Å². The number of likely N-dealkylation sites (N-methyl/N-ethyl adjacent to an activating group) is 1. The fraction of sp³-hybridized carbons (Fsp3) is 1.00. The molecule has 0 amide bonds. The zero-order valence-corrected chi connectivity index (χ0v) is 12.4. The summed E-state index contributed by atoms with van der Waals surface area (Å²) in [6.07, 6.45) is 2.66. The quantitative estimate of drug-likeness (QED) is 0.731. The van der Waals surface area contributed by atoms with Crippen LogP contribution in [-0.2, 0) is 0 Å². The molecule has 1 N–H and O–H groups in total. The van der Waals surface area contributed by atoms with E-state index in [0.29, 0.717) is 6.04 Å². The molecule has 102 valence electrons. The van der Waals surface area contributed by atoms with Crippen LogP contribution in [0, 0.1) is 5.92 Å². The molecule has 2 atom stereocenters. The van der Waals surface area contributed by atoms with Gasteiger partial charge in [-0.15, -0.1) is 0 Å². The van der Waals surface area contributed by atoms with Gasteiger partial charge in [0.2, 0.25) is 0 Å². The predicted molar refractivity (Wildman–Crippen MR) is 75.5 cm³/mol. The van der Waals surface area contributed by atoms with E-state index in [0.717, 1.165) is 18.5 Å². The zero-order chi connectivity index (χ0) is 12.8. The summed E-state index contributed by atoms with van der Waals surface area (Å²) in [4.78, 5) is 4.87. The highest BCUT2D eigenvalue weighted by Crippen LogP contribution is 2.16. The summed E-state index contributed by atoms with van der Waals surface area (Å²) in [6.45, 7) is 11.7. The van der Waals surface area contributed by atoms with Crippen molar-refractivity contribution in [3.8, 4) is 0 Å². The van der Waals surface area contributed by atoms with Crippen LogP contribution in [0.4, 0.5) is 0 Å². The third-order valence-corrected chi connectivity index (χ3v) is 3.77. The molecule has 17 heavy (non-hydrogen) atoms. The summed E-state index contributed by atoms with van der Waals surface area (Å²) in [7, 11) is 4.30. The maximum atomic E-state index is 3.63. The van der Waals surface area contributed by atoms with E-state index in [-0.39, 0.29) is 0 Å². The van der Waals surface area contributed by atoms with Gasteiger partial charge in [0.05, 0.1) is 0 Å². The molecule has 0 spiro atoms. The predicted octanol–water partition coefficient (Wildman–Crippen LogP) is 1.65. The van der Waals surface area contributed by atoms with E-state index >= 15 is 0 Å². The summed E-state index contributed by atoms with van der Waals surface area (Å²) in [5.41, 5.74) is 0. The highest BCUT2D eigenvalue weighted by atomic mass is 15.2. The second-order valence-electron chi connectivity index (χ2n) is 6.17. The van der Waals surface area contributed by atoms with E-state index in [1.807, 2.05) is 0 Å². The Morgan fingerprint density at radius 3 is 2.35 bits per heavy atom. The third kappa shape index (κ3) is 5.84. The maximum absolute atomic E-state index is 3.63. The van der Waals surface area contributed by atoms with Crippen molar-refractivity contribution in [2.45, 2.75) is 45.7 Å². The minimum Gasteiger partial charge on any atom is -0.314 e. The lowest BCUT2D eigenvalue weighted by atomic mass is 10.1. The van der Waals surface area contributed by atoms with Crippen LogP contribution in [0.5, 0.6) is 0 Å². The van der Waals surface area contributed by atoms with Crippen molar-refractivity contribution in [2.75, 3.05) is 40.3 Å². The van der Waals surface area contributed by atoms with Gasteiger partial charge in [-0.1, -0.05) is 6.92 Å². The van der Waals surface area contributed by atoms with Gasteiger partial charge in [0, 0.05) is 25.2 Å². The Hall–Kier alpha value is -0.120. The Morgan fingerprint density at radius 1 is 1.18 bits per heavy atom. The number of nitrogens with zero attached hydrogens (tertiary/aromatic N) is 2. The lowest BCUT2D eigenvalue weighted by Gasteiger charge is -2.28. The van der Waals surface area contributed by atoms with Crippen LogP contribution in [-0.4, -0.2) is 62.2 Å². The molecule has 0 aromatic carbocycles. The fourth-order valence-electron chi connectivity index (χ4n) is 2.52. The molecule has 3 nitrogen and oxygen atoms in total. The van der Waals surface area contributed by atoms with Gasteiger partial charge >= 0.3 is 0 Å². The minimum absolute atomic E-state index is 0.661. The molecule has 0 radical (unpaired) electrons. The lowest BCUT2D eigenvalue weighted by Crippen LogP contribution is -2.39. The lowest BCUT2D eigenvalue weighted by molar-refractivity contribution is 0.191. The van der Waals surface area contributed by atoms with Gasteiger partial charge in [0.1, 0.15) is 0 Å². The molecule has 1 heterocycles. The molecule has 1 aliphatic rings. The van der Waals surface area contributed by atoms with Gasteiger partial charge in [-0.05, 0) is 59.8 Å². The van der Waals surface area contributed by atoms with Crippen molar-refractivity contribution in [1.82, 2.24) is 15.1 Å². The first-order valence-electron chi connectivity index (χ1n) is 7.11. The average Bonchev–Trinajstić information content (AvgIpc) is 2.63. The minimum atomic E-state index is 0.661. The van der Waals surface area contributed by atoms with Crippen molar-refractivity contribution in [3.63, 3.8) is 0 Å². The van der Waals surface area contributed by atoms with Gasteiger partial charge in [-0.2, -0.15) is 0 Å². The summed E-state index contributed by atoms with van der Waals surface area (Å²) in [6, 6.07) is 1.42. The van der Waals surface area contributed by atoms with Crippen LogP contribution in [0.25, 0.3) is 0 Å². The van der Waals surface area contributed by atoms with E-state index in [1.54, 1.807) is 0 Å². The molecule has 1 fully saturated rings. The molecule has 1 rings (SSSR count). The first-order chi connectivity index (χ1) is 7.99. The van der Waals surface area contributed by atoms with Crippen LogP contribution >= 0.6 is 0 Å². The SMILES string of the molecule is CC1CNC(CCN(CCN(C)C)C(C)C)C1. The van der Waals surface area contributed by atoms with E-state index in [4.69, 9.17) is 0 Å². The van der Waals surface area contributed by atoms with E-state index in [9.17, 15) is 0 Å². The molecule has 1 saturated heterocycles. The summed E-state index contributed by atoms with van der Waals surface area (Å²) in [5, 5.41) is 3.63.